The molecule has 1 aromatic carbocycles. The van der Waals surface area contributed by atoms with E-state index >= 15 is 0 Å². The van der Waals surface area contributed by atoms with E-state index in [1.54, 1.807) is 25.1 Å². The second-order valence-corrected chi connectivity index (χ2v) is 3.57. The number of Topliss-reactive ketones (excluding diaryl/α,β-unsaturated/α-hetero) is 1. The Hall–Kier alpha value is -2.10. The number of fused-ring (bicyclic) bond motifs is 1. The van der Waals surface area contributed by atoms with Crippen molar-refractivity contribution < 1.29 is 19.4 Å². The number of carboxylic acid groups (broad SMARTS) is 1. The highest BCUT2D eigenvalue weighted by Gasteiger charge is 2.25. The molecule has 1 aromatic rings. The Labute approximate surface area is 92.2 Å². The molecular formula is C12H10O4. The van der Waals surface area contributed by atoms with Gasteiger partial charge in [0.1, 0.15) is 12.4 Å². The molecule has 4 heteroatoms. The number of aryl methyl sites for hydroxylation is 1. The van der Waals surface area contributed by atoms with Gasteiger partial charge < -0.3 is 9.84 Å². The molecule has 2 rings (SSSR count). The third kappa shape index (κ3) is 1.69. The van der Waals surface area contributed by atoms with Gasteiger partial charge in [0.25, 0.3) is 0 Å². The van der Waals surface area contributed by atoms with E-state index in [1.807, 2.05) is 0 Å². The summed E-state index contributed by atoms with van der Waals surface area (Å²) >= 11 is 0. The lowest BCUT2D eigenvalue weighted by Gasteiger charge is -2.19. The van der Waals surface area contributed by atoms with Crippen molar-refractivity contribution >= 4 is 11.8 Å². The number of carbonyl (C=O) groups excluding carboxylic acids is 1. The quantitative estimate of drug-likeness (QED) is 0.727. The van der Waals surface area contributed by atoms with Gasteiger partial charge in [0.2, 0.25) is 0 Å². The van der Waals surface area contributed by atoms with Gasteiger partial charge in [-0.25, -0.2) is 4.79 Å². The second kappa shape index (κ2) is 3.81. The van der Waals surface area contributed by atoms with Gasteiger partial charge in [-0.2, -0.15) is 0 Å². The number of ether oxygens (including phenoxy) is 1. The molecule has 0 saturated carbocycles. The molecule has 0 bridgehead atoms. The van der Waals surface area contributed by atoms with Crippen molar-refractivity contribution in [1.29, 1.82) is 0 Å². The zero-order chi connectivity index (χ0) is 11.7. The van der Waals surface area contributed by atoms with Crippen LogP contribution in [0.25, 0.3) is 0 Å². The van der Waals surface area contributed by atoms with Crippen LogP contribution < -0.4 is 4.74 Å². The zero-order valence-corrected chi connectivity index (χ0v) is 8.69. The van der Waals surface area contributed by atoms with Crippen LogP contribution in [0.2, 0.25) is 0 Å². The van der Waals surface area contributed by atoms with Crippen molar-refractivity contribution in [2.45, 2.75) is 6.92 Å². The molecule has 4 nitrogen and oxygen atoms in total. The van der Waals surface area contributed by atoms with E-state index in [9.17, 15) is 9.59 Å². The van der Waals surface area contributed by atoms with Crippen molar-refractivity contribution in [2.75, 3.05) is 6.61 Å². The number of hydrogen-bond donors (Lipinski definition) is 1. The minimum atomic E-state index is -1.14. The fraction of sp³-hybridized carbons (Fsp3) is 0.167. The molecule has 0 amide bonds. The molecule has 1 aliphatic rings. The summed E-state index contributed by atoms with van der Waals surface area (Å²) in [5.74, 6) is -0.877. The lowest BCUT2D eigenvalue weighted by Crippen LogP contribution is -2.21. The van der Waals surface area contributed by atoms with Crippen LogP contribution in [0.5, 0.6) is 5.75 Å². The van der Waals surface area contributed by atoms with E-state index < -0.39 is 5.97 Å². The molecule has 0 aliphatic carbocycles. The number of ketones is 1. The Kier molecular flexibility index (Phi) is 2.48. The minimum Gasteiger partial charge on any atom is -0.488 e. The number of carboxylic acids is 1. The van der Waals surface area contributed by atoms with Crippen molar-refractivity contribution in [3.63, 3.8) is 0 Å². The summed E-state index contributed by atoms with van der Waals surface area (Å²) in [5.41, 5.74) is 1.43. The Morgan fingerprint density at radius 3 is 2.94 bits per heavy atom. The number of rotatable bonds is 1. The molecule has 0 saturated heterocycles. The molecular weight excluding hydrogens is 208 g/mol. The maximum atomic E-state index is 12.0. The van der Waals surface area contributed by atoms with E-state index in [1.165, 1.54) is 0 Å². The number of aliphatic carboxylic acids is 1. The van der Waals surface area contributed by atoms with Crippen molar-refractivity contribution in [2.24, 2.45) is 0 Å². The van der Waals surface area contributed by atoms with Crippen LogP contribution in [0.15, 0.2) is 29.8 Å². The van der Waals surface area contributed by atoms with Gasteiger partial charge in [-0.3, -0.25) is 4.79 Å². The molecule has 0 radical (unpaired) electrons. The highest BCUT2D eigenvalue weighted by Crippen LogP contribution is 2.29. The number of hydrogen-bond acceptors (Lipinski definition) is 3. The summed E-state index contributed by atoms with van der Waals surface area (Å²) in [6, 6.07) is 5.30. The van der Waals surface area contributed by atoms with Crippen molar-refractivity contribution in [3.05, 3.63) is 41.0 Å². The average molecular weight is 218 g/mol. The summed E-state index contributed by atoms with van der Waals surface area (Å²) in [4.78, 5) is 22.5. The Bertz CT molecular complexity index is 500. The molecule has 0 spiro atoms. The van der Waals surface area contributed by atoms with Gasteiger partial charge in [0.05, 0.1) is 5.56 Å². The Morgan fingerprint density at radius 1 is 1.50 bits per heavy atom. The zero-order valence-electron chi connectivity index (χ0n) is 8.69. The fourth-order valence-electron chi connectivity index (χ4n) is 1.69. The molecule has 0 fully saturated rings. The van der Waals surface area contributed by atoms with E-state index in [4.69, 9.17) is 9.84 Å². The molecule has 1 aliphatic heterocycles. The average Bonchev–Trinajstić information content (AvgIpc) is 2.22. The van der Waals surface area contributed by atoms with Gasteiger partial charge in [-0.1, -0.05) is 12.1 Å². The molecule has 0 atom stereocenters. The summed E-state index contributed by atoms with van der Waals surface area (Å²) in [6.45, 7) is 1.81. The first kappa shape index (κ1) is 10.4. The van der Waals surface area contributed by atoms with Crippen molar-refractivity contribution in [1.82, 2.24) is 0 Å². The predicted molar refractivity (Wildman–Crippen MR) is 56.7 cm³/mol. The smallest absolute Gasteiger partial charge is 0.328 e. The van der Waals surface area contributed by atoms with Gasteiger partial charge in [0, 0.05) is 11.6 Å². The van der Waals surface area contributed by atoms with E-state index in [0.717, 1.165) is 11.6 Å². The third-order valence-electron chi connectivity index (χ3n) is 2.43. The Balaban J connectivity index is 2.50. The minimum absolute atomic E-state index is 0.0155. The maximum Gasteiger partial charge on any atom is 0.328 e. The highest BCUT2D eigenvalue weighted by molar-refractivity contribution is 6.14. The predicted octanol–water partition coefficient (Wildman–Crippen LogP) is 1.58. The summed E-state index contributed by atoms with van der Waals surface area (Å²) in [6.07, 6.45) is 0.901. The third-order valence-corrected chi connectivity index (χ3v) is 2.43. The monoisotopic (exact) mass is 218 g/mol. The molecule has 0 unspecified atom stereocenters. The molecule has 82 valence electrons. The maximum absolute atomic E-state index is 12.0. The second-order valence-electron chi connectivity index (χ2n) is 3.57. The fourth-order valence-corrected chi connectivity index (χ4v) is 1.69. The van der Waals surface area contributed by atoms with Crippen LogP contribution in [0, 0.1) is 6.92 Å². The van der Waals surface area contributed by atoms with Crippen LogP contribution in [0.4, 0.5) is 0 Å². The molecule has 1 N–H and O–H groups in total. The van der Waals surface area contributed by atoms with Gasteiger partial charge in [-0.15, -0.1) is 0 Å². The lowest BCUT2D eigenvalue weighted by molar-refractivity contribution is -0.131. The first-order valence-electron chi connectivity index (χ1n) is 4.80. The summed E-state index contributed by atoms with van der Waals surface area (Å²) < 4.78 is 5.34. The van der Waals surface area contributed by atoms with E-state index in [-0.39, 0.29) is 18.0 Å². The number of benzene rings is 1. The van der Waals surface area contributed by atoms with E-state index in [0.29, 0.717) is 11.3 Å². The van der Waals surface area contributed by atoms with Crippen molar-refractivity contribution in [3.8, 4) is 5.75 Å². The molecule has 1 heterocycles. The standard InChI is InChI=1S/C12H10O4/c1-7-3-2-4-9-11(7)12(15)8(6-16-9)5-10(13)14/h2-5H,6H2,1H3,(H,13,14). The normalized spacial score (nSPS) is 16.8. The van der Waals surface area contributed by atoms with Crippen LogP contribution in [0.1, 0.15) is 15.9 Å². The topological polar surface area (TPSA) is 63.6 Å². The molecule has 16 heavy (non-hydrogen) atoms. The SMILES string of the molecule is Cc1cccc2c1C(=O)C(=CC(=O)O)CO2. The van der Waals surface area contributed by atoms with Crippen LogP contribution >= 0.6 is 0 Å². The summed E-state index contributed by atoms with van der Waals surface area (Å²) in [7, 11) is 0. The number of carbonyl (C=O) groups is 2. The first-order chi connectivity index (χ1) is 7.59. The van der Waals surface area contributed by atoms with Gasteiger partial charge in [0.15, 0.2) is 5.78 Å². The highest BCUT2D eigenvalue weighted by atomic mass is 16.5. The van der Waals surface area contributed by atoms with Gasteiger partial charge >= 0.3 is 5.97 Å². The van der Waals surface area contributed by atoms with Gasteiger partial charge in [-0.05, 0) is 18.6 Å². The largest absolute Gasteiger partial charge is 0.488 e. The Morgan fingerprint density at radius 2 is 2.25 bits per heavy atom. The first-order valence-corrected chi connectivity index (χ1v) is 4.80. The van der Waals surface area contributed by atoms with E-state index in [2.05, 4.69) is 0 Å². The molecule has 0 aromatic heterocycles. The summed E-state index contributed by atoms with van der Waals surface area (Å²) in [5, 5.41) is 8.62. The lowest BCUT2D eigenvalue weighted by atomic mass is 9.96. The van der Waals surface area contributed by atoms with Crippen LogP contribution in [0.3, 0.4) is 0 Å². The van der Waals surface area contributed by atoms with Crippen LogP contribution in [-0.2, 0) is 4.79 Å². The van der Waals surface area contributed by atoms with Crippen LogP contribution in [-0.4, -0.2) is 23.5 Å².